The van der Waals surface area contributed by atoms with E-state index in [2.05, 4.69) is 11.8 Å². The zero-order valence-electron chi connectivity index (χ0n) is 11.2. The summed E-state index contributed by atoms with van der Waals surface area (Å²) in [4.78, 5) is 2.16. The fourth-order valence-corrected chi connectivity index (χ4v) is 1.87. The van der Waals surface area contributed by atoms with Crippen molar-refractivity contribution in [3.05, 3.63) is 30.1 Å². The highest BCUT2D eigenvalue weighted by Crippen LogP contribution is 2.17. The van der Waals surface area contributed by atoms with Gasteiger partial charge in [-0.1, -0.05) is 0 Å². The first-order valence-electron chi connectivity index (χ1n) is 6.41. The lowest BCUT2D eigenvalue weighted by Gasteiger charge is -2.26. The standard InChI is InChI=1S/C14H23FN2O/c1-3-17(10-4-9-14(2,18)11-16)13-7-5-12(15)6-8-13/h5-8,18H,3-4,9-11,16H2,1-2H3. The van der Waals surface area contributed by atoms with Crippen molar-refractivity contribution in [3.8, 4) is 0 Å². The van der Waals surface area contributed by atoms with Gasteiger partial charge in [-0.05, 0) is 51.0 Å². The fraction of sp³-hybridized carbons (Fsp3) is 0.571. The number of benzene rings is 1. The maximum atomic E-state index is 12.8. The van der Waals surface area contributed by atoms with Gasteiger partial charge < -0.3 is 15.7 Å². The molecule has 1 aromatic carbocycles. The smallest absolute Gasteiger partial charge is 0.123 e. The van der Waals surface area contributed by atoms with Crippen molar-refractivity contribution in [1.29, 1.82) is 0 Å². The number of hydrogen-bond acceptors (Lipinski definition) is 3. The van der Waals surface area contributed by atoms with E-state index in [1.807, 2.05) is 0 Å². The van der Waals surface area contributed by atoms with E-state index < -0.39 is 5.60 Å². The van der Waals surface area contributed by atoms with Crippen LogP contribution >= 0.6 is 0 Å². The first-order valence-corrected chi connectivity index (χ1v) is 6.41. The Morgan fingerprint density at radius 3 is 2.44 bits per heavy atom. The van der Waals surface area contributed by atoms with Crippen LogP contribution in [0.1, 0.15) is 26.7 Å². The Morgan fingerprint density at radius 1 is 1.33 bits per heavy atom. The van der Waals surface area contributed by atoms with E-state index >= 15 is 0 Å². The molecule has 1 aromatic rings. The van der Waals surface area contributed by atoms with Gasteiger partial charge in [-0.2, -0.15) is 0 Å². The molecule has 0 aliphatic heterocycles. The molecule has 3 N–H and O–H groups in total. The Hall–Kier alpha value is -1.13. The van der Waals surface area contributed by atoms with Crippen LogP contribution in [0.2, 0.25) is 0 Å². The molecule has 4 heteroatoms. The van der Waals surface area contributed by atoms with Gasteiger partial charge in [-0.3, -0.25) is 0 Å². The molecule has 0 aromatic heterocycles. The molecule has 0 saturated carbocycles. The number of halogens is 1. The first kappa shape index (κ1) is 14.9. The Balaban J connectivity index is 2.50. The third-order valence-electron chi connectivity index (χ3n) is 3.16. The lowest BCUT2D eigenvalue weighted by molar-refractivity contribution is 0.0584. The van der Waals surface area contributed by atoms with E-state index in [0.717, 1.165) is 25.2 Å². The summed E-state index contributed by atoms with van der Waals surface area (Å²) in [5.74, 6) is -0.221. The molecule has 0 aliphatic rings. The number of hydrogen-bond donors (Lipinski definition) is 2. The zero-order valence-corrected chi connectivity index (χ0v) is 11.2. The van der Waals surface area contributed by atoms with Crippen LogP contribution in [0.4, 0.5) is 10.1 Å². The lowest BCUT2D eigenvalue weighted by Crippen LogP contribution is -2.35. The van der Waals surface area contributed by atoms with Crippen LogP contribution in [0.3, 0.4) is 0 Å². The Kier molecular flexibility index (Phi) is 5.56. The monoisotopic (exact) mass is 254 g/mol. The molecule has 0 heterocycles. The van der Waals surface area contributed by atoms with Crippen LogP contribution in [-0.2, 0) is 0 Å². The van der Waals surface area contributed by atoms with Gasteiger partial charge in [0.2, 0.25) is 0 Å². The molecule has 102 valence electrons. The van der Waals surface area contributed by atoms with Crippen molar-refractivity contribution in [2.75, 3.05) is 24.5 Å². The van der Waals surface area contributed by atoms with Crippen molar-refractivity contribution < 1.29 is 9.50 Å². The molecule has 1 atom stereocenters. The average molecular weight is 254 g/mol. The van der Waals surface area contributed by atoms with Crippen LogP contribution in [0, 0.1) is 5.82 Å². The predicted molar refractivity (Wildman–Crippen MR) is 73.2 cm³/mol. The summed E-state index contributed by atoms with van der Waals surface area (Å²) in [5, 5.41) is 9.82. The van der Waals surface area contributed by atoms with E-state index in [4.69, 9.17) is 5.73 Å². The van der Waals surface area contributed by atoms with E-state index in [-0.39, 0.29) is 12.4 Å². The van der Waals surface area contributed by atoms with Gasteiger partial charge >= 0.3 is 0 Å². The largest absolute Gasteiger partial charge is 0.389 e. The minimum atomic E-state index is -0.789. The predicted octanol–water partition coefficient (Wildman–Crippen LogP) is 2.14. The molecule has 0 bridgehead atoms. The van der Waals surface area contributed by atoms with Crippen LogP contribution in [0.5, 0.6) is 0 Å². The van der Waals surface area contributed by atoms with Crippen molar-refractivity contribution >= 4 is 5.69 Å². The highest BCUT2D eigenvalue weighted by atomic mass is 19.1. The summed E-state index contributed by atoms with van der Waals surface area (Å²) < 4.78 is 12.8. The lowest BCUT2D eigenvalue weighted by atomic mass is 10.0. The summed E-state index contributed by atoms with van der Waals surface area (Å²) in [6.07, 6.45) is 1.52. The Labute approximate surface area is 108 Å². The SMILES string of the molecule is CCN(CCCC(C)(O)CN)c1ccc(F)cc1. The molecule has 0 fully saturated rings. The Morgan fingerprint density at radius 2 is 1.94 bits per heavy atom. The molecule has 0 saturated heterocycles. The summed E-state index contributed by atoms with van der Waals surface area (Å²) in [5.41, 5.74) is 5.69. The van der Waals surface area contributed by atoms with Crippen LogP contribution in [0.15, 0.2) is 24.3 Å². The molecule has 0 amide bonds. The first-order chi connectivity index (χ1) is 8.48. The maximum absolute atomic E-state index is 12.8. The van der Waals surface area contributed by atoms with Gasteiger partial charge in [-0.15, -0.1) is 0 Å². The molecule has 0 aliphatic carbocycles. The molecular formula is C14H23FN2O. The van der Waals surface area contributed by atoms with Gasteiger partial charge in [-0.25, -0.2) is 4.39 Å². The normalized spacial score (nSPS) is 14.3. The second-order valence-electron chi connectivity index (χ2n) is 4.86. The second kappa shape index (κ2) is 6.71. The number of aliphatic hydroxyl groups is 1. The van der Waals surface area contributed by atoms with E-state index in [1.165, 1.54) is 12.1 Å². The van der Waals surface area contributed by atoms with Crippen molar-refractivity contribution in [3.63, 3.8) is 0 Å². The minimum absolute atomic E-state index is 0.221. The van der Waals surface area contributed by atoms with Crippen LogP contribution in [-0.4, -0.2) is 30.3 Å². The van der Waals surface area contributed by atoms with Crippen molar-refractivity contribution in [2.45, 2.75) is 32.3 Å². The third kappa shape index (κ3) is 4.63. The van der Waals surface area contributed by atoms with E-state index in [0.29, 0.717) is 6.42 Å². The number of nitrogens with zero attached hydrogens (tertiary/aromatic N) is 1. The van der Waals surface area contributed by atoms with Gasteiger partial charge in [0, 0.05) is 25.3 Å². The summed E-state index contributed by atoms with van der Waals surface area (Å²) >= 11 is 0. The fourth-order valence-electron chi connectivity index (χ4n) is 1.87. The molecule has 0 radical (unpaired) electrons. The Bertz CT molecular complexity index is 351. The molecular weight excluding hydrogens is 231 g/mol. The summed E-state index contributed by atoms with van der Waals surface area (Å²) in [6.45, 7) is 5.77. The molecule has 1 unspecified atom stereocenters. The number of rotatable bonds is 7. The van der Waals surface area contributed by atoms with Crippen molar-refractivity contribution in [2.24, 2.45) is 5.73 Å². The number of anilines is 1. The zero-order chi connectivity index (χ0) is 13.6. The van der Waals surface area contributed by atoms with Gasteiger partial charge in [0.25, 0.3) is 0 Å². The average Bonchev–Trinajstić information content (AvgIpc) is 2.36. The second-order valence-corrected chi connectivity index (χ2v) is 4.86. The van der Waals surface area contributed by atoms with Crippen LogP contribution < -0.4 is 10.6 Å². The van der Waals surface area contributed by atoms with Crippen LogP contribution in [0.25, 0.3) is 0 Å². The highest BCUT2D eigenvalue weighted by Gasteiger charge is 2.17. The third-order valence-corrected chi connectivity index (χ3v) is 3.16. The molecule has 18 heavy (non-hydrogen) atoms. The topological polar surface area (TPSA) is 49.5 Å². The van der Waals surface area contributed by atoms with E-state index in [1.54, 1.807) is 19.1 Å². The number of nitrogens with two attached hydrogens (primary N) is 1. The quantitative estimate of drug-likeness (QED) is 0.784. The van der Waals surface area contributed by atoms with Gasteiger partial charge in [0.1, 0.15) is 5.82 Å². The summed E-state index contributed by atoms with van der Waals surface area (Å²) in [6, 6.07) is 6.49. The maximum Gasteiger partial charge on any atom is 0.123 e. The molecule has 1 rings (SSSR count). The molecule has 3 nitrogen and oxygen atoms in total. The van der Waals surface area contributed by atoms with Gasteiger partial charge in [0.05, 0.1) is 5.60 Å². The molecule has 0 spiro atoms. The highest BCUT2D eigenvalue weighted by molar-refractivity contribution is 5.45. The van der Waals surface area contributed by atoms with Gasteiger partial charge in [0.15, 0.2) is 0 Å². The van der Waals surface area contributed by atoms with E-state index in [9.17, 15) is 9.50 Å². The summed E-state index contributed by atoms with van der Waals surface area (Å²) in [7, 11) is 0. The van der Waals surface area contributed by atoms with Crippen molar-refractivity contribution in [1.82, 2.24) is 0 Å². The minimum Gasteiger partial charge on any atom is -0.389 e.